The van der Waals surface area contributed by atoms with Crippen molar-refractivity contribution in [3.8, 4) is 16.9 Å². The molecular weight excluding hydrogens is 572 g/mol. The molecule has 0 radical (unpaired) electrons. The summed E-state index contributed by atoms with van der Waals surface area (Å²) >= 11 is 0. The Bertz CT molecular complexity index is 1250. The molecule has 3 saturated carbocycles. The quantitative estimate of drug-likeness (QED) is 0.198. The Kier molecular flexibility index (Phi) is 13.4. The summed E-state index contributed by atoms with van der Waals surface area (Å²) in [5.74, 6) is 2.37. The lowest BCUT2D eigenvalue weighted by Gasteiger charge is -2.45. The standard InChI is InChI=1S/C25H44.C15H12F4O/c1-4-5-6-7-20-10-13-25-18-24(15-14-23(25)17-20)22-11-8-21(9-12-22)16-19(2)3;1-3-20-11-7-6-10(14(18)15(11)19)9-5-4-8(2)12(16)13(9)17/h4-5,19-25H,6-18H2,1-3H3;4-7H,3H2,1-2H3/b5-4+;. The van der Waals surface area contributed by atoms with Crippen LogP contribution in [-0.4, -0.2) is 6.61 Å². The molecule has 5 rings (SSSR count). The van der Waals surface area contributed by atoms with Gasteiger partial charge in [-0.15, -0.1) is 0 Å². The lowest BCUT2D eigenvalue weighted by Crippen LogP contribution is -2.34. The predicted octanol–water partition coefficient (Wildman–Crippen LogP) is 12.6. The molecule has 0 spiro atoms. The number of halogens is 4. The largest absolute Gasteiger partial charge is 0.491 e. The summed E-state index contributed by atoms with van der Waals surface area (Å²) in [5, 5.41) is 0. The monoisotopic (exact) mass is 628 g/mol. The van der Waals surface area contributed by atoms with Crippen LogP contribution in [0.5, 0.6) is 5.75 Å². The summed E-state index contributed by atoms with van der Waals surface area (Å²) in [6.45, 7) is 10.2. The molecule has 0 aliphatic heterocycles. The minimum Gasteiger partial charge on any atom is -0.491 e. The van der Waals surface area contributed by atoms with Gasteiger partial charge < -0.3 is 4.74 Å². The molecule has 1 nitrogen and oxygen atoms in total. The van der Waals surface area contributed by atoms with E-state index in [1.807, 2.05) is 0 Å². The number of ether oxygens (including phenoxy) is 1. The van der Waals surface area contributed by atoms with Gasteiger partial charge in [0, 0.05) is 11.1 Å². The van der Waals surface area contributed by atoms with Crippen LogP contribution in [-0.2, 0) is 0 Å². The van der Waals surface area contributed by atoms with Crippen LogP contribution in [0.2, 0.25) is 0 Å². The van der Waals surface area contributed by atoms with Crippen LogP contribution in [0, 0.1) is 71.6 Å². The summed E-state index contributed by atoms with van der Waals surface area (Å²) in [6.07, 6.45) is 24.5. The highest BCUT2D eigenvalue weighted by molar-refractivity contribution is 5.66. The van der Waals surface area contributed by atoms with E-state index in [0.717, 1.165) is 47.5 Å². The molecule has 4 atom stereocenters. The molecule has 45 heavy (non-hydrogen) atoms. The van der Waals surface area contributed by atoms with Gasteiger partial charge in [-0.25, -0.2) is 13.2 Å². The Morgan fingerprint density at radius 2 is 1.27 bits per heavy atom. The zero-order valence-corrected chi connectivity index (χ0v) is 28.3. The van der Waals surface area contributed by atoms with Crippen molar-refractivity contribution < 1.29 is 22.3 Å². The van der Waals surface area contributed by atoms with E-state index in [9.17, 15) is 17.6 Å². The first-order valence-corrected chi connectivity index (χ1v) is 17.8. The molecular formula is C40H56F4O. The molecule has 2 aromatic rings. The third-order valence-corrected chi connectivity index (χ3v) is 11.0. The van der Waals surface area contributed by atoms with E-state index in [1.165, 1.54) is 50.8 Å². The van der Waals surface area contributed by atoms with E-state index >= 15 is 0 Å². The molecule has 0 saturated heterocycles. The fourth-order valence-corrected chi connectivity index (χ4v) is 8.63. The van der Waals surface area contributed by atoms with Crippen LogP contribution < -0.4 is 4.74 Å². The molecule has 0 amide bonds. The first-order chi connectivity index (χ1) is 21.6. The van der Waals surface area contributed by atoms with Gasteiger partial charge in [-0.05, 0) is 144 Å². The van der Waals surface area contributed by atoms with Gasteiger partial charge in [0.2, 0.25) is 5.82 Å². The van der Waals surface area contributed by atoms with Gasteiger partial charge >= 0.3 is 0 Å². The highest BCUT2D eigenvalue weighted by Gasteiger charge is 2.38. The summed E-state index contributed by atoms with van der Waals surface area (Å²) in [5.41, 5.74) is -0.576. The van der Waals surface area contributed by atoms with Crippen molar-refractivity contribution in [3.05, 3.63) is 65.2 Å². The second kappa shape index (κ2) is 17.0. The van der Waals surface area contributed by atoms with Crippen molar-refractivity contribution >= 4 is 0 Å². The van der Waals surface area contributed by atoms with Crippen LogP contribution >= 0.6 is 0 Å². The van der Waals surface area contributed by atoms with Gasteiger partial charge in [0.05, 0.1) is 6.61 Å². The van der Waals surface area contributed by atoms with E-state index < -0.39 is 23.3 Å². The second-order valence-corrected chi connectivity index (χ2v) is 14.6. The number of benzene rings is 2. The Balaban J connectivity index is 0.000000210. The molecule has 0 heterocycles. The van der Waals surface area contributed by atoms with Gasteiger partial charge in [0.15, 0.2) is 23.2 Å². The number of fused-ring (bicyclic) bond motifs is 1. The third-order valence-electron chi connectivity index (χ3n) is 11.0. The maximum atomic E-state index is 13.9. The molecule has 2 aromatic carbocycles. The van der Waals surface area contributed by atoms with E-state index in [4.69, 9.17) is 4.74 Å². The van der Waals surface area contributed by atoms with E-state index in [-0.39, 0.29) is 29.0 Å². The maximum absolute atomic E-state index is 13.9. The molecule has 0 aromatic heterocycles. The van der Waals surface area contributed by atoms with Crippen LogP contribution in [0.25, 0.3) is 11.1 Å². The zero-order chi connectivity index (χ0) is 32.5. The normalized spacial score (nSPS) is 26.8. The van der Waals surface area contributed by atoms with Crippen LogP contribution in [0.3, 0.4) is 0 Å². The van der Waals surface area contributed by atoms with Crippen LogP contribution in [0.15, 0.2) is 36.4 Å². The molecule has 3 aliphatic rings. The van der Waals surface area contributed by atoms with Crippen molar-refractivity contribution in [3.63, 3.8) is 0 Å². The smallest absolute Gasteiger partial charge is 0.201 e. The number of aryl methyl sites for hydroxylation is 1. The fraction of sp³-hybridized carbons (Fsp3) is 0.650. The SMILES string of the molecule is C/C=C/CCC1CCC2CC(C3CCC(CC(C)C)CC3)CCC2C1.CCOc1ccc(-c2ccc(C)c(F)c2F)c(F)c1F. The maximum Gasteiger partial charge on any atom is 0.201 e. The van der Waals surface area contributed by atoms with Gasteiger partial charge in [-0.1, -0.05) is 57.4 Å². The van der Waals surface area contributed by atoms with Crippen molar-refractivity contribution in [1.82, 2.24) is 0 Å². The van der Waals surface area contributed by atoms with Gasteiger partial charge in [-0.3, -0.25) is 0 Å². The molecule has 250 valence electrons. The second-order valence-electron chi connectivity index (χ2n) is 14.6. The van der Waals surface area contributed by atoms with Crippen molar-refractivity contribution in [2.75, 3.05) is 6.61 Å². The highest BCUT2D eigenvalue weighted by atomic mass is 19.2. The topological polar surface area (TPSA) is 9.23 Å². The lowest BCUT2D eigenvalue weighted by atomic mass is 9.60. The number of hydrogen-bond acceptors (Lipinski definition) is 1. The van der Waals surface area contributed by atoms with E-state index in [2.05, 4.69) is 32.9 Å². The average Bonchev–Trinajstić information content (AvgIpc) is 3.03. The average molecular weight is 629 g/mol. The van der Waals surface area contributed by atoms with Gasteiger partial charge in [0.1, 0.15) is 0 Å². The van der Waals surface area contributed by atoms with Crippen molar-refractivity contribution in [2.24, 2.45) is 41.4 Å². The first kappa shape index (κ1) is 35.6. The molecule has 4 unspecified atom stereocenters. The van der Waals surface area contributed by atoms with Crippen LogP contribution in [0.1, 0.15) is 117 Å². The summed E-state index contributed by atoms with van der Waals surface area (Å²) in [4.78, 5) is 0. The van der Waals surface area contributed by atoms with E-state index in [0.29, 0.717) is 0 Å². The van der Waals surface area contributed by atoms with E-state index in [1.54, 1.807) is 64.7 Å². The third kappa shape index (κ3) is 9.38. The van der Waals surface area contributed by atoms with Gasteiger partial charge in [-0.2, -0.15) is 4.39 Å². The molecule has 5 heteroatoms. The molecule has 0 bridgehead atoms. The Morgan fingerprint density at radius 1 is 0.711 bits per heavy atom. The van der Waals surface area contributed by atoms with Gasteiger partial charge in [0.25, 0.3) is 0 Å². The van der Waals surface area contributed by atoms with Crippen molar-refractivity contribution in [1.29, 1.82) is 0 Å². The Labute approximate surface area is 270 Å². The summed E-state index contributed by atoms with van der Waals surface area (Å²) < 4.78 is 59.9. The summed E-state index contributed by atoms with van der Waals surface area (Å²) in [6, 6.07) is 4.87. The molecule has 3 fully saturated rings. The number of rotatable bonds is 9. The van der Waals surface area contributed by atoms with Crippen LogP contribution in [0.4, 0.5) is 17.6 Å². The first-order valence-electron chi connectivity index (χ1n) is 17.8. The minimum atomic E-state index is -1.27. The molecule has 3 aliphatic carbocycles. The Hall–Kier alpha value is -2.30. The zero-order valence-electron chi connectivity index (χ0n) is 28.3. The highest BCUT2D eigenvalue weighted by Crippen LogP contribution is 2.50. The summed E-state index contributed by atoms with van der Waals surface area (Å²) in [7, 11) is 0. The number of allylic oxidation sites excluding steroid dienone is 2. The molecule has 0 N–H and O–H groups in total. The fourth-order valence-electron chi connectivity index (χ4n) is 8.63. The number of hydrogen-bond donors (Lipinski definition) is 0. The predicted molar refractivity (Wildman–Crippen MR) is 178 cm³/mol. The minimum absolute atomic E-state index is 0.0954. The van der Waals surface area contributed by atoms with Crippen molar-refractivity contribution in [2.45, 2.75) is 118 Å². The Morgan fingerprint density at radius 3 is 1.91 bits per heavy atom. The lowest BCUT2D eigenvalue weighted by molar-refractivity contribution is 0.0575.